The van der Waals surface area contributed by atoms with Crippen LogP contribution in [0.1, 0.15) is 6.42 Å². The Bertz CT molecular complexity index is 412. The Balaban J connectivity index is 2.96. The summed E-state index contributed by atoms with van der Waals surface area (Å²) in [5, 5.41) is 8.28. The molecule has 5 heteroatoms. The summed E-state index contributed by atoms with van der Waals surface area (Å²) in [6, 6.07) is 3.58. The van der Waals surface area contributed by atoms with Crippen LogP contribution >= 0.6 is 12.2 Å². The molecular formula is C7H7N3OS. The Morgan fingerprint density at radius 1 is 1.75 bits per heavy atom. The maximum atomic E-state index is 11.1. The van der Waals surface area contributed by atoms with E-state index in [1.807, 2.05) is 6.07 Å². The minimum Gasteiger partial charge on any atom is -0.300 e. The maximum absolute atomic E-state index is 11.1. The van der Waals surface area contributed by atoms with E-state index in [9.17, 15) is 4.79 Å². The maximum Gasteiger partial charge on any atom is 0.326 e. The summed E-state index contributed by atoms with van der Waals surface area (Å²) in [6.07, 6.45) is 1.91. The molecule has 0 radical (unpaired) electrons. The standard InChI is InChI=1S/C7H7N3OS/c8-3-1-4-10-5-2-6(12)9-7(10)11/h2,5H,1,4H2,(H,9,11,12). The lowest BCUT2D eigenvalue weighted by atomic mass is 10.4. The van der Waals surface area contributed by atoms with Gasteiger partial charge in [0, 0.05) is 12.7 Å². The summed E-state index contributed by atoms with van der Waals surface area (Å²) in [7, 11) is 0. The Labute approximate surface area is 74.1 Å². The monoisotopic (exact) mass is 181 g/mol. The summed E-state index contributed by atoms with van der Waals surface area (Å²) < 4.78 is 1.83. The molecule has 0 amide bonds. The van der Waals surface area contributed by atoms with E-state index in [0.29, 0.717) is 17.6 Å². The van der Waals surface area contributed by atoms with Crippen molar-refractivity contribution in [3.63, 3.8) is 0 Å². The van der Waals surface area contributed by atoms with E-state index in [4.69, 9.17) is 17.5 Å². The van der Waals surface area contributed by atoms with Gasteiger partial charge in [0.1, 0.15) is 4.64 Å². The van der Waals surface area contributed by atoms with Crippen molar-refractivity contribution in [3.8, 4) is 6.07 Å². The summed E-state index contributed by atoms with van der Waals surface area (Å²) in [6.45, 7) is 0.404. The van der Waals surface area contributed by atoms with Crippen LogP contribution in [0, 0.1) is 16.0 Å². The molecule has 0 aliphatic heterocycles. The van der Waals surface area contributed by atoms with Gasteiger partial charge in [-0.15, -0.1) is 0 Å². The molecule has 0 spiro atoms. The fraction of sp³-hybridized carbons (Fsp3) is 0.286. The summed E-state index contributed by atoms with van der Waals surface area (Å²) in [5.41, 5.74) is -0.266. The van der Waals surface area contributed by atoms with Crippen molar-refractivity contribution in [1.29, 1.82) is 5.26 Å². The topological polar surface area (TPSA) is 61.6 Å². The Kier molecular flexibility index (Phi) is 2.77. The predicted octanol–water partition coefficient (Wildman–Crippen LogP) is 0.820. The second-order valence-electron chi connectivity index (χ2n) is 2.21. The first-order valence-electron chi connectivity index (χ1n) is 3.41. The molecule has 0 fully saturated rings. The average Bonchev–Trinajstić information content (AvgIpc) is 2.03. The van der Waals surface area contributed by atoms with Crippen LogP contribution in [0.3, 0.4) is 0 Å². The molecule has 0 bridgehead atoms. The minimum absolute atomic E-state index is 0.266. The number of aromatic amines is 1. The molecule has 1 aromatic heterocycles. The zero-order chi connectivity index (χ0) is 8.97. The van der Waals surface area contributed by atoms with E-state index in [0.717, 1.165) is 0 Å². The highest BCUT2D eigenvalue weighted by atomic mass is 32.1. The van der Waals surface area contributed by atoms with E-state index in [-0.39, 0.29) is 5.69 Å². The number of rotatable bonds is 2. The largest absolute Gasteiger partial charge is 0.326 e. The number of nitrogens with one attached hydrogen (secondary N) is 1. The van der Waals surface area contributed by atoms with Crippen LogP contribution in [0.4, 0.5) is 0 Å². The highest BCUT2D eigenvalue weighted by molar-refractivity contribution is 7.71. The van der Waals surface area contributed by atoms with Crippen molar-refractivity contribution in [2.75, 3.05) is 0 Å². The summed E-state index contributed by atoms with van der Waals surface area (Å²) >= 11 is 4.74. The highest BCUT2D eigenvalue weighted by Gasteiger charge is 1.92. The lowest BCUT2D eigenvalue weighted by Gasteiger charge is -1.99. The van der Waals surface area contributed by atoms with Gasteiger partial charge in [0.15, 0.2) is 0 Å². The van der Waals surface area contributed by atoms with Crippen LogP contribution in [-0.2, 0) is 6.54 Å². The molecule has 12 heavy (non-hydrogen) atoms. The normalized spacial score (nSPS) is 9.25. The molecule has 62 valence electrons. The van der Waals surface area contributed by atoms with Crippen LogP contribution in [0.2, 0.25) is 0 Å². The third kappa shape index (κ3) is 2.04. The van der Waals surface area contributed by atoms with Crippen molar-refractivity contribution in [2.24, 2.45) is 0 Å². The van der Waals surface area contributed by atoms with E-state index < -0.39 is 0 Å². The van der Waals surface area contributed by atoms with Gasteiger partial charge in [0.05, 0.1) is 12.5 Å². The van der Waals surface area contributed by atoms with Crippen LogP contribution in [0.25, 0.3) is 0 Å². The van der Waals surface area contributed by atoms with Gasteiger partial charge in [0.25, 0.3) is 0 Å². The molecule has 0 aliphatic rings. The Morgan fingerprint density at radius 3 is 3.08 bits per heavy atom. The van der Waals surface area contributed by atoms with E-state index >= 15 is 0 Å². The van der Waals surface area contributed by atoms with Gasteiger partial charge in [0.2, 0.25) is 0 Å². The first-order valence-corrected chi connectivity index (χ1v) is 3.81. The van der Waals surface area contributed by atoms with Crippen molar-refractivity contribution in [1.82, 2.24) is 9.55 Å². The predicted molar refractivity (Wildman–Crippen MR) is 46.1 cm³/mol. The third-order valence-corrected chi connectivity index (χ3v) is 1.60. The van der Waals surface area contributed by atoms with E-state index in [1.54, 1.807) is 12.3 Å². The highest BCUT2D eigenvalue weighted by Crippen LogP contribution is 1.85. The number of hydrogen-bond donors (Lipinski definition) is 1. The van der Waals surface area contributed by atoms with Crippen molar-refractivity contribution < 1.29 is 0 Å². The Hall–Kier alpha value is -1.41. The van der Waals surface area contributed by atoms with Crippen molar-refractivity contribution >= 4 is 12.2 Å². The summed E-state index contributed by atoms with van der Waals surface area (Å²) in [5.74, 6) is 0. The third-order valence-electron chi connectivity index (χ3n) is 1.36. The Morgan fingerprint density at radius 2 is 2.50 bits per heavy atom. The SMILES string of the molecule is N#CCCn1ccc(=S)[nH]c1=O. The lowest BCUT2D eigenvalue weighted by Crippen LogP contribution is -2.21. The average molecular weight is 181 g/mol. The molecular weight excluding hydrogens is 174 g/mol. The van der Waals surface area contributed by atoms with Crippen LogP contribution in [0.15, 0.2) is 17.1 Å². The molecule has 0 atom stereocenters. The molecule has 1 N–H and O–H groups in total. The molecule has 0 saturated heterocycles. The molecule has 0 saturated carbocycles. The second kappa shape index (κ2) is 3.83. The number of aryl methyl sites for hydroxylation is 1. The molecule has 4 nitrogen and oxygen atoms in total. The molecule has 1 aromatic rings. The van der Waals surface area contributed by atoms with Gasteiger partial charge in [-0.2, -0.15) is 5.26 Å². The first kappa shape index (κ1) is 8.68. The zero-order valence-corrected chi connectivity index (χ0v) is 7.10. The van der Waals surface area contributed by atoms with Gasteiger partial charge >= 0.3 is 5.69 Å². The van der Waals surface area contributed by atoms with Crippen molar-refractivity contribution in [2.45, 2.75) is 13.0 Å². The molecule has 0 unspecified atom stereocenters. The minimum atomic E-state index is -0.266. The molecule has 1 rings (SSSR count). The van der Waals surface area contributed by atoms with E-state index in [1.165, 1.54) is 4.57 Å². The number of nitrogens with zero attached hydrogens (tertiary/aromatic N) is 2. The van der Waals surface area contributed by atoms with Gasteiger partial charge in [-0.3, -0.25) is 9.55 Å². The van der Waals surface area contributed by atoms with E-state index in [2.05, 4.69) is 4.98 Å². The van der Waals surface area contributed by atoms with Crippen LogP contribution < -0.4 is 5.69 Å². The summed E-state index contributed by atoms with van der Waals surface area (Å²) in [4.78, 5) is 13.5. The van der Waals surface area contributed by atoms with Crippen molar-refractivity contribution in [3.05, 3.63) is 27.4 Å². The fourth-order valence-electron chi connectivity index (χ4n) is 0.791. The smallest absolute Gasteiger partial charge is 0.300 e. The van der Waals surface area contributed by atoms with Crippen LogP contribution in [0.5, 0.6) is 0 Å². The van der Waals surface area contributed by atoms with Gasteiger partial charge in [-0.1, -0.05) is 12.2 Å². The number of nitriles is 1. The van der Waals surface area contributed by atoms with Gasteiger partial charge < -0.3 is 0 Å². The number of hydrogen-bond acceptors (Lipinski definition) is 3. The fourth-order valence-corrected chi connectivity index (χ4v) is 0.939. The second-order valence-corrected chi connectivity index (χ2v) is 2.65. The van der Waals surface area contributed by atoms with Gasteiger partial charge in [-0.25, -0.2) is 4.79 Å². The molecule has 1 heterocycles. The molecule has 0 aromatic carbocycles. The van der Waals surface area contributed by atoms with Crippen LogP contribution in [-0.4, -0.2) is 9.55 Å². The lowest BCUT2D eigenvalue weighted by molar-refractivity contribution is 0.662. The zero-order valence-electron chi connectivity index (χ0n) is 6.28. The molecule has 0 aliphatic carbocycles. The number of aromatic nitrogens is 2. The number of H-pyrrole nitrogens is 1. The first-order chi connectivity index (χ1) is 5.74. The van der Waals surface area contributed by atoms with Gasteiger partial charge in [-0.05, 0) is 6.07 Å². The quantitative estimate of drug-likeness (QED) is 0.687.